The minimum Gasteiger partial charge on any atom is -0.497 e. The summed E-state index contributed by atoms with van der Waals surface area (Å²) < 4.78 is 5.34. The smallest absolute Gasteiger partial charge is 0.255 e. The summed E-state index contributed by atoms with van der Waals surface area (Å²) in [5.41, 5.74) is 3.80. The fraction of sp³-hybridized carbons (Fsp3) is 0.296. The first-order valence-electron chi connectivity index (χ1n) is 11.2. The van der Waals surface area contributed by atoms with Crippen molar-refractivity contribution < 1.29 is 9.53 Å². The van der Waals surface area contributed by atoms with E-state index in [9.17, 15) is 4.79 Å². The molecule has 162 valence electrons. The summed E-state index contributed by atoms with van der Waals surface area (Å²) in [5, 5.41) is 0.712. The molecule has 2 fully saturated rings. The Morgan fingerprint density at radius 2 is 1.66 bits per heavy atom. The number of hydrogen-bond donors (Lipinski definition) is 0. The molecule has 4 nitrogen and oxygen atoms in total. The van der Waals surface area contributed by atoms with E-state index in [2.05, 4.69) is 46.2 Å². The number of benzene rings is 3. The molecule has 0 radical (unpaired) electrons. The van der Waals surface area contributed by atoms with Gasteiger partial charge in [-0.25, -0.2) is 0 Å². The van der Waals surface area contributed by atoms with Crippen LogP contribution in [0.1, 0.15) is 39.9 Å². The van der Waals surface area contributed by atoms with Crippen LogP contribution in [0.4, 0.5) is 0 Å². The van der Waals surface area contributed by atoms with Crippen molar-refractivity contribution in [3.8, 4) is 5.75 Å². The summed E-state index contributed by atoms with van der Waals surface area (Å²) in [6, 6.07) is 24.6. The SMILES string of the molecule is COc1ccc(CN2CCN3C(=O)c4ccccc4C4(CC4)[C@]23c2ccc(Cl)cc2)cc1. The molecule has 0 unspecified atom stereocenters. The number of carbonyl (C=O) groups is 1. The molecule has 6 rings (SSSR count). The van der Waals surface area contributed by atoms with Crippen LogP contribution < -0.4 is 4.74 Å². The van der Waals surface area contributed by atoms with Gasteiger partial charge in [0.25, 0.3) is 5.91 Å². The Labute approximate surface area is 193 Å². The molecular weight excluding hydrogens is 420 g/mol. The molecule has 1 saturated heterocycles. The number of carbonyl (C=O) groups excluding carboxylic acids is 1. The van der Waals surface area contributed by atoms with Crippen molar-refractivity contribution in [1.82, 2.24) is 9.80 Å². The van der Waals surface area contributed by atoms with Gasteiger partial charge in [0.05, 0.1) is 7.11 Å². The summed E-state index contributed by atoms with van der Waals surface area (Å²) in [7, 11) is 1.69. The largest absolute Gasteiger partial charge is 0.497 e. The van der Waals surface area contributed by atoms with Gasteiger partial charge < -0.3 is 9.64 Å². The molecule has 0 bridgehead atoms. The topological polar surface area (TPSA) is 32.8 Å². The highest BCUT2D eigenvalue weighted by atomic mass is 35.5. The van der Waals surface area contributed by atoms with E-state index in [0.717, 1.165) is 42.8 Å². The van der Waals surface area contributed by atoms with E-state index < -0.39 is 5.66 Å². The van der Waals surface area contributed by atoms with Gasteiger partial charge in [0, 0.05) is 35.6 Å². The lowest BCUT2D eigenvalue weighted by atomic mass is 9.71. The Morgan fingerprint density at radius 3 is 2.34 bits per heavy atom. The molecule has 1 aliphatic carbocycles. The van der Waals surface area contributed by atoms with Crippen molar-refractivity contribution in [2.75, 3.05) is 20.2 Å². The first-order valence-corrected chi connectivity index (χ1v) is 11.5. The molecule has 3 aliphatic rings. The second-order valence-corrected chi connectivity index (χ2v) is 9.47. The lowest BCUT2D eigenvalue weighted by molar-refractivity contribution is -0.0294. The highest BCUT2D eigenvalue weighted by Gasteiger charge is 2.71. The van der Waals surface area contributed by atoms with Crippen molar-refractivity contribution in [3.05, 3.63) is 100 Å². The Balaban J connectivity index is 1.54. The highest BCUT2D eigenvalue weighted by molar-refractivity contribution is 6.30. The van der Waals surface area contributed by atoms with E-state index in [1.807, 2.05) is 36.4 Å². The van der Waals surface area contributed by atoms with Gasteiger partial charge in [0.2, 0.25) is 0 Å². The van der Waals surface area contributed by atoms with E-state index in [1.54, 1.807) is 7.11 Å². The quantitative estimate of drug-likeness (QED) is 0.554. The minimum absolute atomic E-state index is 0.103. The third kappa shape index (κ3) is 2.57. The maximum Gasteiger partial charge on any atom is 0.255 e. The van der Waals surface area contributed by atoms with Crippen molar-refractivity contribution in [2.45, 2.75) is 30.5 Å². The number of amides is 1. The van der Waals surface area contributed by atoms with Crippen LogP contribution in [0.25, 0.3) is 0 Å². The minimum atomic E-state index is -0.511. The number of rotatable bonds is 4. The maximum atomic E-state index is 13.8. The molecule has 0 N–H and O–H groups in total. The lowest BCUT2D eigenvalue weighted by Crippen LogP contribution is -2.63. The first-order chi connectivity index (χ1) is 15.6. The first kappa shape index (κ1) is 19.8. The molecule has 1 atom stereocenters. The number of methoxy groups -OCH3 is 1. The number of halogens is 1. The number of fused-ring (bicyclic) bond motifs is 4. The van der Waals surface area contributed by atoms with Crippen molar-refractivity contribution in [1.29, 1.82) is 0 Å². The van der Waals surface area contributed by atoms with E-state index in [-0.39, 0.29) is 11.3 Å². The zero-order valence-electron chi connectivity index (χ0n) is 18.1. The molecule has 2 aliphatic heterocycles. The van der Waals surface area contributed by atoms with Gasteiger partial charge in [0.15, 0.2) is 0 Å². The van der Waals surface area contributed by atoms with Gasteiger partial charge in [-0.1, -0.05) is 54.1 Å². The van der Waals surface area contributed by atoms with Crippen molar-refractivity contribution in [3.63, 3.8) is 0 Å². The predicted molar refractivity (Wildman–Crippen MR) is 125 cm³/mol. The normalized spacial score (nSPS) is 23.2. The molecule has 0 aromatic heterocycles. The summed E-state index contributed by atoms with van der Waals surface area (Å²) >= 11 is 6.28. The zero-order chi connectivity index (χ0) is 21.9. The highest BCUT2D eigenvalue weighted by Crippen LogP contribution is 2.67. The average molecular weight is 445 g/mol. The van der Waals surface area contributed by atoms with E-state index in [4.69, 9.17) is 16.3 Å². The van der Waals surface area contributed by atoms with Crippen LogP contribution in [0.3, 0.4) is 0 Å². The van der Waals surface area contributed by atoms with E-state index in [0.29, 0.717) is 11.6 Å². The molecule has 1 spiro atoms. The predicted octanol–water partition coefficient (Wildman–Crippen LogP) is 5.20. The van der Waals surface area contributed by atoms with Gasteiger partial charge in [0.1, 0.15) is 11.4 Å². The van der Waals surface area contributed by atoms with Gasteiger partial charge in [-0.2, -0.15) is 0 Å². The number of nitrogens with zero attached hydrogens (tertiary/aromatic N) is 2. The van der Waals surface area contributed by atoms with Crippen LogP contribution in [0.2, 0.25) is 5.02 Å². The van der Waals surface area contributed by atoms with Crippen LogP contribution >= 0.6 is 11.6 Å². The Bertz CT molecular complexity index is 1190. The third-order valence-electron chi connectivity index (χ3n) is 7.56. The second-order valence-electron chi connectivity index (χ2n) is 9.03. The summed E-state index contributed by atoms with van der Waals surface area (Å²) in [6.45, 7) is 2.31. The van der Waals surface area contributed by atoms with E-state index in [1.165, 1.54) is 11.1 Å². The second kappa shape index (κ2) is 7.09. The van der Waals surface area contributed by atoms with Crippen LogP contribution in [-0.2, 0) is 17.6 Å². The Hall–Kier alpha value is -2.82. The molecule has 3 aromatic carbocycles. The van der Waals surface area contributed by atoms with Crippen molar-refractivity contribution in [2.24, 2.45) is 0 Å². The summed E-state index contributed by atoms with van der Waals surface area (Å²) in [4.78, 5) is 18.4. The summed E-state index contributed by atoms with van der Waals surface area (Å²) in [5.74, 6) is 0.981. The van der Waals surface area contributed by atoms with Crippen LogP contribution in [0, 0.1) is 0 Å². The molecule has 5 heteroatoms. The van der Waals surface area contributed by atoms with E-state index >= 15 is 0 Å². The third-order valence-corrected chi connectivity index (χ3v) is 7.81. The Morgan fingerprint density at radius 1 is 0.938 bits per heavy atom. The zero-order valence-corrected chi connectivity index (χ0v) is 18.8. The molecular formula is C27H25ClN2O2. The standard InChI is InChI=1S/C27H25ClN2O2/c1-32-22-12-6-19(7-13-22)18-29-16-17-30-25(31)23-4-2-3-5-24(23)26(14-15-26)27(29,30)20-8-10-21(28)11-9-20/h2-13H,14-18H2,1H3/t27-/m1/s1. The molecule has 3 aromatic rings. The average Bonchev–Trinajstić information content (AvgIpc) is 3.54. The van der Waals surface area contributed by atoms with Gasteiger partial charge in [-0.05, 0) is 59.9 Å². The maximum absolute atomic E-state index is 13.8. The summed E-state index contributed by atoms with van der Waals surface area (Å²) in [6.07, 6.45) is 2.13. The monoisotopic (exact) mass is 444 g/mol. The molecule has 1 amide bonds. The lowest BCUT2D eigenvalue weighted by Gasteiger charge is -2.53. The number of hydrogen-bond acceptors (Lipinski definition) is 3. The van der Waals surface area contributed by atoms with Crippen LogP contribution in [0.15, 0.2) is 72.8 Å². The van der Waals surface area contributed by atoms with Crippen LogP contribution in [0.5, 0.6) is 5.75 Å². The van der Waals surface area contributed by atoms with Gasteiger partial charge >= 0.3 is 0 Å². The van der Waals surface area contributed by atoms with Crippen molar-refractivity contribution >= 4 is 17.5 Å². The fourth-order valence-electron chi connectivity index (χ4n) is 6.13. The number of ether oxygens (including phenoxy) is 1. The molecule has 32 heavy (non-hydrogen) atoms. The van der Waals surface area contributed by atoms with Gasteiger partial charge in [-0.3, -0.25) is 9.69 Å². The molecule has 2 heterocycles. The van der Waals surface area contributed by atoms with Crippen LogP contribution in [-0.4, -0.2) is 35.9 Å². The van der Waals surface area contributed by atoms with Gasteiger partial charge in [-0.15, -0.1) is 0 Å². The fourth-order valence-corrected chi connectivity index (χ4v) is 6.26. The Kier molecular flexibility index (Phi) is 4.40. The molecule has 1 saturated carbocycles.